The lowest BCUT2D eigenvalue weighted by atomic mass is 9.99. The summed E-state index contributed by atoms with van der Waals surface area (Å²) < 4.78 is 2.34. The van der Waals surface area contributed by atoms with Crippen molar-refractivity contribution in [1.82, 2.24) is 4.57 Å². The fraction of sp³-hybridized carbons (Fsp3) is 0. The van der Waals surface area contributed by atoms with Gasteiger partial charge in [-0.2, -0.15) is 0 Å². The van der Waals surface area contributed by atoms with E-state index < -0.39 is 0 Å². The summed E-state index contributed by atoms with van der Waals surface area (Å²) >= 11 is 0. The van der Waals surface area contributed by atoms with Crippen LogP contribution in [0.4, 0.5) is 5.69 Å². The third kappa shape index (κ3) is 2.97. The van der Waals surface area contributed by atoms with E-state index in [4.69, 9.17) is 5.73 Å². The molecule has 1 aromatic heterocycles. The fourth-order valence-electron chi connectivity index (χ4n) is 4.61. The Labute approximate surface area is 187 Å². The Morgan fingerprint density at radius 2 is 0.906 bits per heavy atom. The highest BCUT2D eigenvalue weighted by Gasteiger charge is 2.11. The van der Waals surface area contributed by atoms with E-state index in [9.17, 15) is 0 Å². The molecule has 0 unspecified atom stereocenters. The van der Waals surface area contributed by atoms with E-state index in [0.29, 0.717) is 0 Å². The maximum Gasteiger partial charge on any atom is 0.0541 e. The summed E-state index contributed by atoms with van der Waals surface area (Å²) in [5.41, 5.74) is 15.2. The van der Waals surface area contributed by atoms with Crippen LogP contribution in [-0.4, -0.2) is 4.57 Å². The van der Waals surface area contributed by atoms with Gasteiger partial charge in [-0.25, -0.2) is 0 Å². The van der Waals surface area contributed by atoms with Crippen LogP contribution in [0.2, 0.25) is 0 Å². The standard InChI is InChI=1S/C30H22N2/c31-28-10-4-1-7-25(28)23-15-13-21(14-16-23)22-17-19-24(20-18-22)32-29-11-5-2-8-26(29)27-9-3-6-12-30(27)32/h1-20H,31H2. The lowest BCUT2D eigenvalue weighted by Crippen LogP contribution is -1.93. The first-order valence-corrected chi connectivity index (χ1v) is 10.8. The van der Waals surface area contributed by atoms with Gasteiger partial charge in [0.1, 0.15) is 0 Å². The molecule has 0 aliphatic carbocycles. The molecule has 0 aliphatic heterocycles. The molecule has 0 spiro atoms. The minimum Gasteiger partial charge on any atom is -0.398 e. The summed E-state index contributed by atoms with van der Waals surface area (Å²) in [6, 6.07) is 42.6. The van der Waals surface area contributed by atoms with Gasteiger partial charge in [-0.05, 0) is 47.0 Å². The van der Waals surface area contributed by atoms with E-state index in [0.717, 1.165) is 16.8 Å². The largest absolute Gasteiger partial charge is 0.398 e. The molecular formula is C30H22N2. The van der Waals surface area contributed by atoms with Crippen LogP contribution < -0.4 is 5.73 Å². The second kappa shape index (κ2) is 7.44. The summed E-state index contributed by atoms with van der Waals surface area (Å²) in [6.07, 6.45) is 0. The molecule has 5 aromatic carbocycles. The van der Waals surface area contributed by atoms with Crippen molar-refractivity contribution in [2.75, 3.05) is 5.73 Å². The zero-order valence-electron chi connectivity index (χ0n) is 17.6. The lowest BCUT2D eigenvalue weighted by molar-refractivity contribution is 1.18. The zero-order chi connectivity index (χ0) is 21.5. The van der Waals surface area contributed by atoms with Gasteiger partial charge in [0.25, 0.3) is 0 Å². The first kappa shape index (κ1) is 18.5. The molecule has 32 heavy (non-hydrogen) atoms. The van der Waals surface area contributed by atoms with Gasteiger partial charge in [-0.3, -0.25) is 0 Å². The highest BCUT2D eigenvalue weighted by Crippen LogP contribution is 2.33. The predicted octanol–water partition coefficient (Wildman–Crippen LogP) is 7.70. The van der Waals surface area contributed by atoms with Crippen molar-refractivity contribution in [3.63, 3.8) is 0 Å². The van der Waals surface area contributed by atoms with Crippen molar-refractivity contribution in [1.29, 1.82) is 0 Å². The van der Waals surface area contributed by atoms with E-state index in [1.807, 2.05) is 18.2 Å². The molecule has 0 amide bonds. The molecule has 0 aliphatic rings. The van der Waals surface area contributed by atoms with E-state index >= 15 is 0 Å². The topological polar surface area (TPSA) is 30.9 Å². The van der Waals surface area contributed by atoms with E-state index in [1.165, 1.54) is 38.6 Å². The number of nitrogens with two attached hydrogens (primary N) is 1. The number of benzene rings is 5. The van der Waals surface area contributed by atoms with Crippen LogP contribution in [0, 0.1) is 0 Å². The lowest BCUT2D eigenvalue weighted by Gasteiger charge is -2.10. The number of nitrogen functional groups attached to an aromatic ring is 1. The number of hydrogen-bond donors (Lipinski definition) is 1. The number of para-hydroxylation sites is 3. The molecule has 0 radical (unpaired) electrons. The quantitative estimate of drug-likeness (QED) is 0.298. The van der Waals surface area contributed by atoms with Crippen LogP contribution in [0.15, 0.2) is 121 Å². The Hall–Kier alpha value is -4.30. The minimum atomic E-state index is 0.802. The average Bonchev–Trinajstić information content (AvgIpc) is 3.19. The highest BCUT2D eigenvalue weighted by atomic mass is 15.0. The number of nitrogens with zero attached hydrogens (tertiary/aromatic N) is 1. The molecule has 0 fully saturated rings. The molecular weight excluding hydrogens is 388 g/mol. The van der Waals surface area contributed by atoms with Crippen LogP contribution in [0.5, 0.6) is 0 Å². The number of aromatic nitrogens is 1. The number of rotatable bonds is 3. The van der Waals surface area contributed by atoms with E-state index in [-0.39, 0.29) is 0 Å². The van der Waals surface area contributed by atoms with Crippen molar-refractivity contribution < 1.29 is 0 Å². The first-order chi connectivity index (χ1) is 15.8. The summed E-state index contributed by atoms with van der Waals surface area (Å²) in [4.78, 5) is 0. The van der Waals surface area contributed by atoms with Gasteiger partial charge < -0.3 is 10.3 Å². The Morgan fingerprint density at radius 3 is 1.50 bits per heavy atom. The molecule has 2 nitrogen and oxygen atoms in total. The van der Waals surface area contributed by atoms with Gasteiger partial charge in [0.05, 0.1) is 11.0 Å². The van der Waals surface area contributed by atoms with Crippen molar-refractivity contribution in [2.45, 2.75) is 0 Å². The van der Waals surface area contributed by atoms with Crippen molar-refractivity contribution >= 4 is 27.5 Å². The van der Waals surface area contributed by atoms with Crippen molar-refractivity contribution in [3.8, 4) is 27.9 Å². The Morgan fingerprint density at radius 1 is 0.438 bits per heavy atom. The van der Waals surface area contributed by atoms with Crippen LogP contribution in [0.25, 0.3) is 49.7 Å². The Kier molecular flexibility index (Phi) is 4.29. The van der Waals surface area contributed by atoms with Crippen molar-refractivity contribution in [2.24, 2.45) is 0 Å². The SMILES string of the molecule is Nc1ccccc1-c1ccc(-c2ccc(-n3c4ccccc4c4ccccc43)cc2)cc1. The minimum absolute atomic E-state index is 0.802. The summed E-state index contributed by atoms with van der Waals surface area (Å²) in [7, 11) is 0. The van der Waals surface area contributed by atoms with E-state index in [2.05, 4.69) is 108 Å². The van der Waals surface area contributed by atoms with Gasteiger partial charge in [0.2, 0.25) is 0 Å². The highest BCUT2D eigenvalue weighted by molar-refractivity contribution is 6.09. The van der Waals surface area contributed by atoms with Crippen LogP contribution >= 0.6 is 0 Å². The van der Waals surface area contributed by atoms with Gasteiger partial charge in [0, 0.05) is 27.7 Å². The third-order valence-electron chi connectivity index (χ3n) is 6.20. The van der Waals surface area contributed by atoms with Gasteiger partial charge >= 0.3 is 0 Å². The van der Waals surface area contributed by atoms with Crippen LogP contribution in [0.1, 0.15) is 0 Å². The predicted molar refractivity (Wildman–Crippen MR) is 136 cm³/mol. The van der Waals surface area contributed by atoms with Gasteiger partial charge in [-0.1, -0.05) is 91.0 Å². The number of fused-ring (bicyclic) bond motifs is 3. The third-order valence-corrected chi connectivity index (χ3v) is 6.20. The molecule has 152 valence electrons. The molecule has 1 heterocycles. The monoisotopic (exact) mass is 410 g/mol. The molecule has 2 heteroatoms. The Balaban J connectivity index is 1.39. The summed E-state index contributed by atoms with van der Waals surface area (Å²) in [5, 5.41) is 2.56. The van der Waals surface area contributed by atoms with Crippen molar-refractivity contribution in [3.05, 3.63) is 121 Å². The molecule has 0 saturated heterocycles. The van der Waals surface area contributed by atoms with E-state index in [1.54, 1.807) is 0 Å². The smallest absolute Gasteiger partial charge is 0.0541 e. The van der Waals surface area contributed by atoms with Crippen LogP contribution in [0.3, 0.4) is 0 Å². The van der Waals surface area contributed by atoms with Gasteiger partial charge in [-0.15, -0.1) is 0 Å². The molecule has 0 bridgehead atoms. The maximum atomic E-state index is 6.14. The normalized spacial score (nSPS) is 11.2. The second-order valence-electron chi connectivity index (χ2n) is 8.08. The summed E-state index contributed by atoms with van der Waals surface area (Å²) in [6.45, 7) is 0. The summed E-state index contributed by atoms with van der Waals surface area (Å²) in [5.74, 6) is 0. The van der Waals surface area contributed by atoms with Crippen LogP contribution in [-0.2, 0) is 0 Å². The molecule has 6 rings (SSSR count). The fourth-order valence-corrected chi connectivity index (χ4v) is 4.61. The number of hydrogen-bond acceptors (Lipinski definition) is 1. The Bertz CT molecular complexity index is 1500. The number of anilines is 1. The molecule has 2 N–H and O–H groups in total. The molecule has 0 atom stereocenters. The zero-order valence-corrected chi connectivity index (χ0v) is 17.6. The second-order valence-corrected chi connectivity index (χ2v) is 8.08. The maximum absolute atomic E-state index is 6.14. The molecule has 0 saturated carbocycles. The average molecular weight is 411 g/mol. The first-order valence-electron chi connectivity index (χ1n) is 10.8. The van der Waals surface area contributed by atoms with Gasteiger partial charge in [0.15, 0.2) is 0 Å². The molecule has 6 aromatic rings.